The van der Waals surface area contributed by atoms with E-state index in [0.29, 0.717) is 0 Å². The van der Waals surface area contributed by atoms with Crippen LogP contribution < -0.4 is 0 Å². The van der Waals surface area contributed by atoms with Crippen LogP contribution in [0.5, 0.6) is 0 Å². The molecule has 2 rings (SSSR count). The number of allylic oxidation sites excluding steroid dienone is 1. The molecule has 0 saturated heterocycles. The van der Waals surface area contributed by atoms with Crippen molar-refractivity contribution in [2.75, 3.05) is 0 Å². The van der Waals surface area contributed by atoms with Crippen molar-refractivity contribution < 1.29 is 13.4 Å². The van der Waals surface area contributed by atoms with Gasteiger partial charge in [0.1, 0.15) is 0 Å². The van der Waals surface area contributed by atoms with Gasteiger partial charge in [-0.1, -0.05) is 0 Å². The first kappa shape index (κ1) is 33.5. The number of aryl methyl sites for hydroxylation is 4. The molecular weight excluding hydrogens is 517 g/mol. The summed E-state index contributed by atoms with van der Waals surface area (Å²) in [6, 6.07) is 12.1. The van der Waals surface area contributed by atoms with Gasteiger partial charge in [-0.25, -0.2) is 0 Å². The predicted molar refractivity (Wildman–Crippen MR) is 174 cm³/mol. The number of unbranched alkanes of at least 4 members (excludes halogenated alkanes) is 4. The molecule has 2 aromatic rings. The number of aliphatic imine (C=N–C) groups is 1. The summed E-state index contributed by atoms with van der Waals surface area (Å²) in [5.74, 6) is 2.45. The van der Waals surface area contributed by atoms with E-state index in [1.54, 1.807) is 21.2 Å². The molecule has 0 bridgehead atoms. The molecule has 39 heavy (non-hydrogen) atoms. The summed E-state index contributed by atoms with van der Waals surface area (Å²) in [7, 11) is 0. The van der Waals surface area contributed by atoms with Crippen LogP contribution in [0.25, 0.3) is 4.54 Å². The van der Waals surface area contributed by atoms with Crippen LogP contribution in [0.1, 0.15) is 134 Å². The molecule has 0 saturated carbocycles. The van der Waals surface area contributed by atoms with Crippen LogP contribution in [0.4, 0.5) is 5.69 Å². The van der Waals surface area contributed by atoms with Gasteiger partial charge in [-0.3, -0.25) is 0 Å². The number of nitrogens with zero attached hydrogens (tertiary/aromatic N) is 1. The molecule has 1 nitrogen and oxygen atoms in total. The maximum absolute atomic E-state index is 5.35. The summed E-state index contributed by atoms with van der Waals surface area (Å²) in [5, 5.41) is 1.18. The number of hydrogen-bond acceptors (Lipinski definition) is 1. The second-order valence-corrected chi connectivity index (χ2v) is 13.5. The quantitative estimate of drug-likeness (QED) is 0.101. The fraction of sp³-hybridized carbons (Fsp3) is 0.595. The fourth-order valence-electron chi connectivity index (χ4n) is 5.58. The second kappa shape index (κ2) is 17.9. The van der Waals surface area contributed by atoms with E-state index in [9.17, 15) is 0 Å². The van der Waals surface area contributed by atoms with Crippen LogP contribution in [0.2, 0.25) is 11.3 Å². The third kappa shape index (κ3) is 9.74. The van der Waals surface area contributed by atoms with Crippen molar-refractivity contribution in [3.05, 3.63) is 69.3 Å². The van der Waals surface area contributed by atoms with Crippen molar-refractivity contribution in [1.29, 1.82) is 0 Å². The van der Waals surface area contributed by atoms with Crippen molar-refractivity contribution in [1.82, 2.24) is 0 Å². The van der Waals surface area contributed by atoms with Gasteiger partial charge in [-0.2, -0.15) is 0 Å². The zero-order valence-electron chi connectivity index (χ0n) is 26.8. The van der Waals surface area contributed by atoms with Gasteiger partial charge in [0.2, 0.25) is 0 Å². The fourth-order valence-corrected chi connectivity index (χ4v) is 7.33. The Labute approximate surface area is 246 Å². The van der Waals surface area contributed by atoms with Gasteiger partial charge in [0.25, 0.3) is 0 Å². The molecule has 0 N–H and O–H groups in total. The summed E-state index contributed by atoms with van der Waals surface area (Å²) in [4.78, 5) is 5.35. The van der Waals surface area contributed by atoms with Crippen LogP contribution in [0.15, 0.2) is 40.9 Å². The summed E-state index contributed by atoms with van der Waals surface area (Å²) in [6.45, 7) is 18.5. The van der Waals surface area contributed by atoms with Crippen molar-refractivity contribution in [3.63, 3.8) is 0 Å². The Morgan fingerprint density at radius 1 is 0.692 bits per heavy atom. The molecule has 2 heteroatoms. The number of rotatable bonds is 17. The first-order valence-electron chi connectivity index (χ1n) is 15.9. The molecule has 221 valence electrons. The SMILES string of the molecule is CCCCCCc1cc([C](=C(C)C(CC)=Nc2cc(CC)cc(CCCC)c2)[Ni]([CH3])[CH2]C)cc(CC)c1CC. The van der Waals surface area contributed by atoms with E-state index in [2.05, 4.69) is 91.6 Å². The molecule has 0 aliphatic carbocycles. The summed E-state index contributed by atoms with van der Waals surface area (Å²) >= 11 is 0.0111. The Morgan fingerprint density at radius 2 is 1.38 bits per heavy atom. The number of hydrogen-bond donors (Lipinski definition) is 0. The van der Waals surface area contributed by atoms with Crippen LogP contribution in [-0.2, 0) is 45.5 Å². The molecule has 0 aliphatic rings. The average molecular weight is 576 g/mol. The molecule has 0 heterocycles. The van der Waals surface area contributed by atoms with Crippen molar-refractivity contribution in [2.45, 2.75) is 144 Å². The van der Waals surface area contributed by atoms with Crippen molar-refractivity contribution in [3.8, 4) is 0 Å². The minimum absolute atomic E-state index is 0.0111. The third-order valence-electron chi connectivity index (χ3n) is 7.91. The molecule has 0 unspecified atom stereocenters. The van der Waals surface area contributed by atoms with Crippen molar-refractivity contribution in [2.24, 2.45) is 4.99 Å². The van der Waals surface area contributed by atoms with Crippen molar-refractivity contribution >= 4 is 15.9 Å². The normalized spacial score (nSPS) is 13.1. The molecule has 0 amide bonds. The van der Waals surface area contributed by atoms with E-state index in [0.717, 1.165) is 37.8 Å². The van der Waals surface area contributed by atoms with Gasteiger partial charge in [-0.15, -0.1) is 0 Å². The molecule has 0 fully saturated rings. The minimum atomic E-state index is 0.0111. The molecule has 2 aromatic carbocycles. The van der Waals surface area contributed by atoms with Gasteiger partial charge < -0.3 is 0 Å². The summed E-state index contributed by atoms with van der Waals surface area (Å²) in [5.41, 5.74) is 12.8. The van der Waals surface area contributed by atoms with Crippen LogP contribution >= 0.6 is 0 Å². The third-order valence-corrected chi connectivity index (χ3v) is 10.5. The maximum atomic E-state index is 5.35. The topological polar surface area (TPSA) is 12.4 Å². The molecule has 0 atom stereocenters. The molecule has 0 radical (unpaired) electrons. The molecule has 0 spiro atoms. The first-order chi connectivity index (χ1) is 18.9. The van der Waals surface area contributed by atoms with Crippen LogP contribution in [-0.4, -0.2) is 5.71 Å². The van der Waals surface area contributed by atoms with Gasteiger partial charge in [-0.05, 0) is 0 Å². The van der Waals surface area contributed by atoms with Gasteiger partial charge >= 0.3 is 247 Å². The summed E-state index contributed by atoms with van der Waals surface area (Å²) < 4.78 is 1.54. The van der Waals surface area contributed by atoms with Gasteiger partial charge in [0, 0.05) is 0 Å². The standard InChI is InChI=1S/C34H50N.C2H5.CH3.Ni/c1-8-14-16-17-19-31-23-29(22-30(11-4)33(31)12-5)20-26(7)34(13-6)35-32-24-27(10-3)21-28(25-32)18-15-9-2;1-2;;/h21-25H,8-19H2,1-7H3;1H2,2H3;1H3;. The Morgan fingerprint density at radius 3 is 1.97 bits per heavy atom. The predicted octanol–water partition coefficient (Wildman–Crippen LogP) is 11.9. The molecule has 0 aliphatic heterocycles. The van der Waals surface area contributed by atoms with E-state index in [-0.39, 0.29) is 13.4 Å². The zero-order chi connectivity index (χ0) is 28.8. The first-order valence-corrected chi connectivity index (χ1v) is 18.0. The Hall–Kier alpha value is -1.66. The van der Waals surface area contributed by atoms with Crippen LogP contribution in [0.3, 0.4) is 0 Å². The Balaban J connectivity index is 2.67. The number of benzene rings is 2. The second-order valence-electron chi connectivity index (χ2n) is 10.8. The van der Waals surface area contributed by atoms with Gasteiger partial charge in [0.05, 0.1) is 0 Å². The average Bonchev–Trinajstić information content (AvgIpc) is 2.96. The van der Waals surface area contributed by atoms with E-state index < -0.39 is 0 Å². The Kier molecular flexibility index (Phi) is 15.4. The van der Waals surface area contributed by atoms with E-state index in [1.807, 2.05) is 0 Å². The Bertz CT molecular complexity index is 1090. The monoisotopic (exact) mass is 574 g/mol. The van der Waals surface area contributed by atoms with Crippen LogP contribution in [0, 0.1) is 0 Å². The molecular formula is C37H58NNi. The van der Waals surface area contributed by atoms with E-state index in [1.165, 1.54) is 78.3 Å². The van der Waals surface area contributed by atoms with Gasteiger partial charge in [0.15, 0.2) is 0 Å². The summed E-state index contributed by atoms with van der Waals surface area (Å²) in [6.07, 6.45) is 14.4. The molecule has 0 aromatic heterocycles. The van der Waals surface area contributed by atoms with E-state index in [4.69, 9.17) is 4.99 Å². The van der Waals surface area contributed by atoms with E-state index >= 15 is 0 Å². The zero-order valence-corrected chi connectivity index (χ0v) is 27.8.